The van der Waals surface area contributed by atoms with Gasteiger partial charge in [-0.15, -0.1) is 0 Å². The molecule has 6 heteroatoms. The minimum absolute atomic E-state index is 0.0371. The van der Waals surface area contributed by atoms with Gasteiger partial charge in [-0.25, -0.2) is 0 Å². The van der Waals surface area contributed by atoms with Crippen molar-refractivity contribution in [3.8, 4) is 0 Å². The molecule has 2 fully saturated rings. The number of benzene rings is 1. The summed E-state index contributed by atoms with van der Waals surface area (Å²) in [6.07, 6.45) is 2.50. The molecule has 148 valence electrons. The van der Waals surface area contributed by atoms with Crippen LogP contribution in [0.1, 0.15) is 30.4 Å². The first-order valence-corrected chi connectivity index (χ1v) is 9.81. The number of carbonyl (C=O) groups is 2. The lowest BCUT2D eigenvalue weighted by atomic mass is 9.79. The monoisotopic (exact) mass is 373 g/mol. The summed E-state index contributed by atoms with van der Waals surface area (Å²) in [6.45, 7) is 7.69. The van der Waals surface area contributed by atoms with E-state index in [2.05, 4.69) is 16.7 Å². The van der Waals surface area contributed by atoms with Crippen LogP contribution in [0.2, 0.25) is 0 Å². The predicted molar refractivity (Wildman–Crippen MR) is 106 cm³/mol. The van der Waals surface area contributed by atoms with Crippen LogP contribution in [0.3, 0.4) is 0 Å². The molecule has 2 heterocycles. The number of nitrogens with zero attached hydrogens (tertiary/aromatic N) is 1. The van der Waals surface area contributed by atoms with Gasteiger partial charge in [-0.2, -0.15) is 0 Å². The van der Waals surface area contributed by atoms with E-state index >= 15 is 0 Å². The van der Waals surface area contributed by atoms with Crippen molar-refractivity contribution in [2.45, 2.75) is 33.1 Å². The van der Waals surface area contributed by atoms with Gasteiger partial charge in [-0.3, -0.25) is 9.59 Å². The quantitative estimate of drug-likeness (QED) is 0.746. The summed E-state index contributed by atoms with van der Waals surface area (Å²) >= 11 is 0. The average Bonchev–Trinajstić information content (AvgIpc) is 3.02. The lowest BCUT2D eigenvalue weighted by molar-refractivity contribution is -0.132. The molecule has 0 aliphatic carbocycles. The third-order valence-corrected chi connectivity index (χ3v) is 5.79. The van der Waals surface area contributed by atoms with E-state index in [4.69, 9.17) is 4.74 Å². The van der Waals surface area contributed by atoms with Crippen molar-refractivity contribution in [1.29, 1.82) is 0 Å². The number of amides is 2. The third-order valence-electron chi connectivity index (χ3n) is 5.79. The first-order chi connectivity index (χ1) is 12.9. The van der Waals surface area contributed by atoms with Gasteiger partial charge in [-0.1, -0.05) is 6.07 Å². The van der Waals surface area contributed by atoms with Crippen molar-refractivity contribution in [3.05, 3.63) is 29.3 Å². The van der Waals surface area contributed by atoms with Crippen LogP contribution in [0.4, 0.5) is 5.69 Å². The molecule has 1 aromatic carbocycles. The first-order valence-electron chi connectivity index (χ1n) is 9.81. The van der Waals surface area contributed by atoms with Crippen LogP contribution < -0.4 is 15.5 Å². The van der Waals surface area contributed by atoms with Gasteiger partial charge in [0.1, 0.15) is 5.92 Å². The highest BCUT2D eigenvalue weighted by Gasteiger charge is 2.39. The molecule has 2 N–H and O–H groups in total. The summed E-state index contributed by atoms with van der Waals surface area (Å²) in [7, 11) is 1.70. The number of anilines is 1. The van der Waals surface area contributed by atoms with Gasteiger partial charge in [0.2, 0.25) is 11.8 Å². The Labute approximate surface area is 161 Å². The molecule has 3 rings (SSSR count). The minimum atomic E-state index is -0.591. The average molecular weight is 373 g/mol. The smallest absolute Gasteiger partial charge is 0.239 e. The van der Waals surface area contributed by atoms with Crippen molar-refractivity contribution in [2.75, 3.05) is 44.8 Å². The molecule has 2 aliphatic heterocycles. The number of hydrogen-bond acceptors (Lipinski definition) is 4. The summed E-state index contributed by atoms with van der Waals surface area (Å²) in [4.78, 5) is 27.3. The molecule has 2 aliphatic rings. The number of ether oxygens (including phenoxy) is 1. The molecule has 0 aromatic heterocycles. The van der Waals surface area contributed by atoms with Crippen molar-refractivity contribution in [2.24, 2.45) is 11.3 Å². The van der Waals surface area contributed by atoms with Crippen molar-refractivity contribution >= 4 is 17.5 Å². The number of methoxy groups -OCH3 is 1. The second-order valence-corrected chi connectivity index (χ2v) is 8.08. The van der Waals surface area contributed by atoms with E-state index in [0.717, 1.165) is 42.7 Å². The van der Waals surface area contributed by atoms with Gasteiger partial charge in [-0.05, 0) is 69.5 Å². The van der Waals surface area contributed by atoms with E-state index in [9.17, 15) is 9.59 Å². The highest BCUT2D eigenvalue weighted by atomic mass is 16.5. The molecule has 6 nitrogen and oxygen atoms in total. The van der Waals surface area contributed by atoms with E-state index in [-0.39, 0.29) is 17.2 Å². The van der Waals surface area contributed by atoms with Crippen molar-refractivity contribution in [1.82, 2.24) is 10.6 Å². The van der Waals surface area contributed by atoms with Crippen LogP contribution in [0.5, 0.6) is 0 Å². The Morgan fingerprint density at radius 1 is 1.26 bits per heavy atom. The number of hydrogen-bond donors (Lipinski definition) is 2. The fraction of sp³-hybridized carbons (Fsp3) is 0.619. The molecular formula is C21H31N3O3. The van der Waals surface area contributed by atoms with Crippen LogP contribution >= 0.6 is 0 Å². The molecule has 0 spiro atoms. The van der Waals surface area contributed by atoms with Gasteiger partial charge in [0.15, 0.2) is 0 Å². The van der Waals surface area contributed by atoms with Gasteiger partial charge in [0, 0.05) is 31.3 Å². The van der Waals surface area contributed by atoms with Crippen LogP contribution in [-0.2, 0) is 14.3 Å². The molecule has 0 bridgehead atoms. The number of carbonyl (C=O) groups excluding carboxylic acids is 2. The van der Waals surface area contributed by atoms with Crippen molar-refractivity contribution in [3.63, 3.8) is 0 Å². The van der Waals surface area contributed by atoms with Crippen molar-refractivity contribution < 1.29 is 14.3 Å². The molecule has 1 atom stereocenters. The van der Waals surface area contributed by atoms with E-state index in [0.29, 0.717) is 26.1 Å². The number of piperidine rings is 1. The molecule has 2 amide bonds. The third kappa shape index (κ3) is 4.50. The Balaban J connectivity index is 1.63. The summed E-state index contributed by atoms with van der Waals surface area (Å²) in [5, 5.41) is 6.40. The topological polar surface area (TPSA) is 70.7 Å². The zero-order chi connectivity index (χ0) is 19.4. The Hall–Kier alpha value is -1.92. The standard InChI is InChI=1S/C21H31N3O3/c1-15-10-16(2)12-17(11-15)24-9-4-18(20(24)26)19(25)23-13-21(14-27-3)5-7-22-8-6-21/h10-12,18,22H,4-9,13-14H2,1-3H3,(H,23,25). The minimum Gasteiger partial charge on any atom is -0.384 e. The Morgan fingerprint density at radius 3 is 2.56 bits per heavy atom. The molecule has 0 radical (unpaired) electrons. The SMILES string of the molecule is COCC1(CNC(=O)C2CCN(c3cc(C)cc(C)c3)C2=O)CCNCC1. The second-order valence-electron chi connectivity index (χ2n) is 8.08. The number of nitrogens with one attached hydrogen (secondary N) is 2. The Bertz CT molecular complexity index is 672. The fourth-order valence-corrected chi connectivity index (χ4v) is 4.32. The maximum absolute atomic E-state index is 12.9. The van der Waals surface area contributed by atoms with Gasteiger partial charge in [0.25, 0.3) is 0 Å². The van der Waals surface area contributed by atoms with E-state index in [1.807, 2.05) is 26.0 Å². The highest BCUT2D eigenvalue weighted by molar-refractivity contribution is 6.09. The largest absolute Gasteiger partial charge is 0.384 e. The molecule has 2 saturated heterocycles. The van der Waals surface area contributed by atoms with Crippen LogP contribution in [0.25, 0.3) is 0 Å². The summed E-state index contributed by atoms with van der Waals surface area (Å²) < 4.78 is 5.41. The lowest BCUT2D eigenvalue weighted by Gasteiger charge is -2.37. The molecular weight excluding hydrogens is 342 g/mol. The summed E-state index contributed by atoms with van der Waals surface area (Å²) in [5.74, 6) is -0.836. The van der Waals surface area contributed by atoms with E-state index < -0.39 is 5.92 Å². The first kappa shape index (κ1) is 19.8. The van der Waals surface area contributed by atoms with Gasteiger partial charge >= 0.3 is 0 Å². The summed E-state index contributed by atoms with van der Waals surface area (Å²) in [6, 6.07) is 6.10. The predicted octanol–water partition coefficient (Wildman–Crippen LogP) is 1.79. The highest BCUT2D eigenvalue weighted by Crippen LogP contribution is 2.30. The molecule has 1 aromatic rings. The lowest BCUT2D eigenvalue weighted by Crippen LogP contribution is -2.48. The van der Waals surface area contributed by atoms with E-state index in [1.165, 1.54) is 0 Å². The normalized spacial score (nSPS) is 22.1. The Morgan fingerprint density at radius 2 is 1.93 bits per heavy atom. The summed E-state index contributed by atoms with van der Waals surface area (Å²) in [5.41, 5.74) is 3.10. The molecule has 1 unspecified atom stereocenters. The number of aryl methyl sites for hydroxylation is 2. The fourth-order valence-electron chi connectivity index (χ4n) is 4.32. The molecule has 0 saturated carbocycles. The maximum Gasteiger partial charge on any atom is 0.239 e. The van der Waals surface area contributed by atoms with Crippen LogP contribution in [0.15, 0.2) is 18.2 Å². The zero-order valence-corrected chi connectivity index (χ0v) is 16.6. The molecule has 27 heavy (non-hydrogen) atoms. The maximum atomic E-state index is 12.9. The van der Waals surface area contributed by atoms with Gasteiger partial charge in [0.05, 0.1) is 6.61 Å². The van der Waals surface area contributed by atoms with Gasteiger partial charge < -0.3 is 20.3 Å². The van der Waals surface area contributed by atoms with Crippen LogP contribution in [0, 0.1) is 25.2 Å². The van der Waals surface area contributed by atoms with E-state index in [1.54, 1.807) is 12.0 Å². The van der Waals surface area contributed by atoms with Crippen LogP contribution in [-0.4, -0.2) is 51.7 Å². The second kappa shape index (κ2) is 8.40. The Kier molecular flexibility index (Phi) is 6.17. The number of rotatable bonds is 6. The zero-order valence-electron chi connectivity index (χ0n) is 16.6.